The molecule has 0 N–H and O–H groups in total. The first-order valence-corrected chi connectivity index (χ1v) is 11.5. The lowest BCUT2D eigenvalue weighted by Crippen LogP contribution is -2.57. The number of aromatic nitrogens is 1. The van der Waals surface area contributed by atoms with Crippen LogP contribution in [0.25, 0.3) is 10.8 Å². The molecule has 1 aliphatic heterocycles. The number of hydrogen-bond acceptors (Lipinski definition) is 4. The summed E-state index contributed by atoms with van der Waals surface area (Å²) >= 11 is 6.14. The van der Waals surface area contributed by atoms with Gasteiger partial charge in [0.1, 0.15) is 5.15 Å². The number of rotatable bonds is 6. The fourth-order valence-electron chi connectivity index (χ4n) is 3.89. The van der Waals surface area contributed by atoms with Gasteiger partial charge in [0.15, 0.2) is 9.84 Å². The van der Waals surface area contributed by atoms with Crippen molar-refractivity contribution in [2.45, 2.75) is 46.1 Å². The van der Waals surface area contributed by atoms with Gasteiger partial charge in [0.05, 0.1) is 5.75 Å². The standard InChI is InChI=1S/C20H27ClN2O2S/c1-5-8-26(24,25)12-15-11-23(14(15)4)19-7-6-16(13(2)3)17-9-20(21)22-10-18(17)19/h6-7,9-10,13-15H,5,8,11-12H2,1-4H3/t14-,15-/m1/s1. The number of pyridine rings is 1. The fraction of sp³-hybridized carbons (Fsp3) is 0.550. The number of halogens is 1. The van der Waals surface area contributed by atoms with Gasteiger partial charge in [-0.25, -0.2) is 13.4 Å². The number of sulfone groups is 1. The second kappa shape index (κ2) is 7.35. The van der Waals surface area contributed by atoms with Gasteiger partial charge in [0, 0.05) is 41.5 Å². The summed E-state index contributed by atoms with van der Waals surface area (Å²) in [5.74, 6) is 1.15. The molecule has 1 aromatic carbocycles. The number of nitrogens with zero attached hydrogens (tertiary/aromatic N) is 2. The Balaban J connectivity index is 1.90. The van der Waals surface area contributed by atoms with Gasteiger partial charge in [-0.15, -0.1) is 0 Å². The largest absolute Gasteiger partial charge is 0.368 e. The highest BCUT2D eigenvalue weighted by Crippen LogP contribution is 2.39. The van der Waals surface area contributed by atoms with Gasteiger partial charge in [-0.2, -0.15) is 0 Å². The molecule has 26 heavy (non-hydrogen) atoms. The van der Waals surface area contributed by atoms with E-state index in [-0.39, 0.29) is 23.5 Å². The highest BCUT2D eigenvalue weighted by atomic mass is 35.5. The molecule has 0 bridgehead atoms. The number of fused-ring (bicyclic) bond motifs is 1. The molecule has 0 spiro atoms. The van der Waals surface area contributed by atoms with Crippen molar-refractivity contribution >= 4 is 37.9 Å². The zero-order valence-electron chi connectivity index (χ0n) is 15.9. The third-order valence-electron chi connectivity index (χ3n) is 5.40. The van der Waals surface area contributed by atoms with Crippen LogP contribution in [0.5, 0.6) is 0 Å². The molecule has 4 nitrogen and oxygen atoms in total. The zero-order valence-corrected chi connectivity index (χ0v) is 17.4. The molecular weight excluding hydrogens is 368 g/mol. The lowest BCUT2D eigenvalue weighted by atomic mass is 9.89. The van der Waals surface area contributed by atoms with E-state index in [2.05, 4.69) is 42.8 Å². The molecule has 0 aliphatic carbocycles. The lowest BCUT2D eigenvalue weighted by molar-refractivity contribution is 0.341. The van der Waals surface area contributed by atoms with E-state index in [1.54, 1.807) is 0 Å². The molecule has 0 radical (unpaired) electrons. The third kappa shape index (κ3) is 3.70. The van der Waals surface area contributed by atoms with Gasteiger partial charge in [0.2, 0.25) is 0 Å². The Hall–Kier alpha value is -1.33. The molecule has 1 aromatic heterocycles. The molecule has 142 valence electrons. The summed E-state index contributed by atoms with van der Waals surface area (Å²) in [6.07, 6.45) is 2.52. The fourth-order valence-corrected chi connectivity index (χ4v) is 5.88. The maximum absolute atomic E-state index is 12.1. The van der Waals surface area contributed by atoms with E-state index in [0.717, 1.165) is 23.0 Å². The van der Waals surface area contributed by atoms with Crippen molar-refractivity contribution in [1.29, 1.82) is 0 Å². The van der Waals surface area contributed by atoms with Crippen molar-refractivity contribution in [3.8, 4) is 0 Å². The molecule has 1 fully saturated rings. The predicted octanol–water partition coefficient (Wildman–Crippen LogP) is 4.66. The average Bonchev–Trinajstić information content (AvgIpc) is 2.56. The Kier molecular flexibility index (Phi) is 5.50. The monoisotopic (exact) mass is 394 g/mol. The summed E-state index contributed by atoms with van der Waals surface area (Å²) < 4.78 is 24.3. The van der Waals surface area contributed by atoms with Crippen molar-refractivity contribution in [3.05, 3.63) is 35.1 Å². The molecule has 1 saturated heterocycles. The molecule has 2 heterocycles. The Morgan fingerprint density at radius 3 is 2.65 bits per heavy atom. The minimum absolute atomic E-state index is 0.187. The second-order valence-electron chi connectivity index (χ2n) is 7.65. The van der Waals surface area contributed by atoms with Crippen LogP contribution in [0.4, 0.5) is 5.69 Å². The van der Waals surface area contributed by atoms with Gasteiger partial charge >= 0.3 is 0 Å². The van der Waals surface area contributed by atoms with E-state index in [1.165, 1.54) is 5.56 Å². The van der Waals surface area contributed by atoms with Gasteiger partial charge in [0.25, 0.3) is 0 Å². The van der Waals surface area contributed by atoms with E-state index < -0.39 is 9.84 Å². The van der Waals surface area contributed by atoms with Crippen LogP contribution in [0.1, 0.15) is 45.6 Å². The molecule has 6 heteroatoms. The Morgan fingerprint density at radius 2 is 2.04 bits per heavy atom. The van der Waals surface area contributed by atoms with E-state index >= 15 is 0 Å². The highest BCUT2D eigenvalue weighted by Gasteiger charge is 2.38. The summed E-state index contributed by atoms with van der Waals surface area (Å²) in [6.45, 7) is 9.13. The van der Waals surface area contributed by atoms with Crippen molar-refractivity contribution in [3.63, 3.8) is 0 Å². The maximum Gasteiger partial charge on any atom is 0.150 e. The van der Waals surface area contributed by atoms with Crippen LogP contribution in [0.2, 0.25) is 5.15 Å². The van der Waals surface area contributed by atoms with Crippen LogP contribution in [0, 0.1) is 5.92 Å². The zero-order chi connectivity index (χ0) is 19.1. The van der Waals surface area contributed by atoms with Crippen molar-refractivity contribution in [2.75, 3.05) is 23.0 Å². The van der Waals surface area contributed by atoms with E-state index in [0.29, 0.717) is 17.5 Å². The summed E-state index contributed by atoms with van der Waals surface area (Å²) in [5, 5.41) is 2.71. The summed E-state index contributed by atoms with van der Waals surface area (Å²) in [6, 6.07) is 6.43. The van der Waals surface area contributed by atoms with Crippen molar-refractivity contribution < 1.29 is 8.42 Å². The first kappa shape index (κ1) is 19.4. The minimum atomic E-state index is -2.95. The average molecular weight is 395 g/mol. The Labute approximate surface area is 161 Å². The number of anilines is 1. The first-order chi connectivity index (χ1) is 12.2. The number of benzene rings is 1. The van der Waals surface area contributed by atoms with Crippen LogP contribution in [0.15, 0.2) is 24.4 Å². The maximum atomic E-state index is 12.1. The highest BCUT2D eigenvalue weighted by molar-refractivity contribution is 7.91. The third-order valence-corrected chi connectivity index (χ3v) is 7.57. The number of hydrogen-bond donors (Lipinski definition) is 0. The molecule has 0 saturated carbocycles. The van der Waals surface area contributed by atoms with Crippen LogP contribution >= 0.6 is 11.6 Å². The van der Waals surface area contributed by atoms with Gasteiger partial charge in [-0.05, 0) is 42.3 Å². The van der Waals surface area contributed by atoms with E-state index in [4.69, 9.17) is 11.6 Å². The predicted molar refractivity (Wildman–Crippen MR) is 110 cm³/mol. The second-order valence-corrected chi connectivity index (χ2v) is 10.3. The normalized spacial score (nSPS) is 20.6. The SMILES string of the molecule is CCCS(=O)(=O)C[C@H]1CN(c2ccc(C(C)C)c3cc(Cl)ncc23)[C@@H]1C. The van der Waals surface area contributed by atoms with Crippen LogP contribution in [-0.2, 0) is 9.84 Å². The summed E-state index contributed by atoms with van der Waals surface area (Å²) in [7, 11) is -2.95. The van der Waals surface area contributed by atoms with Crippen molar-refractivity contribution in [1.82, 2.24) is 4.98 Å². The van der Waals surface area contributed by atoms with E-state index in [9.17, 15) is 8.42 Å². The topological polar surface area (TPSA) is 50.3 Å². The molecular formula is C20H27ClN2O2S. The van der Waals surface area contributed by atoms with E-state index in [1.807, 2.05) is 19.2 Å². The van der Waals surface area contributed by atoms with Gasteiger partial charge < -0.3 is 4.90 Å². The van der Waals surface area contributed by atoms with Gasteiger partial charge in [-0.1, -0.05) is 38.4 Å². The molecule has 3 rings (SSSR count). The summed E-state index contributed by atoms with van der Waals surface area (Å²) in [4.78, 5) is 6.57. The quantitative estimate of drug-likeness (QED) is 0.668. The molecule has 0 amide bonds. The van der Waals surface area contributed by atoms with Gasteiger partial charge in [-0.3, -0.25) is 0 Å². The first-order valence-electron chi connectivity index (χ1n) is 9.28. The Bertz CT molecular complexity index is 911. The van der Waals surface area contributed by atoms with Crippen molar-refractivity contribution in [2.24, 2.45) is 5.92 Å². The lowest BCUT2D eigenvalue weighted by Gasteiger charge is -2.48. The molecule has 0 unspecified atom stereocenters. The smallest absolute Gasteiger partial charge is 0.150 e. The molecule has 1 aliphatic rings. The minimum Gasteiger partial charge on any atom is -0.368 e. The Morgan fingerprint density at radius 1 is 1.31 bits per heavy atom. The summed E-state index contributed by atoms with van der Waals surface area (Å²) in [5.41, 5.74) is 2.37. The van der Waals surface area contributed by atoms with Crippen LogP contribution < -0.4 is 4.90 Å². The van der Waals surface area contributed by atoms with Crippen LogP contribution in [0.3, 0.4) is 0 Å². The molecule has 2 atom stereocenters. The molecule has 2 aromatic rings. The van der Waals surface area contributed by atoms with Crippen LogP contribution in [-0.4, -0.2) is 37.5 Å².